The smallest absolute Gasteiger partial charge is 0.412 e. The fourth-order valence-electron chi connectivity index (χ4n) is 4.62. The molecule has 0 aliphatic carbocycles. The van der Waals surface area contributed by atoms with Gasteiger partial charge in [-0.15, -0.1) is 11.8 Å². The van der Waals surface area contributed by atoms with Gasteiger partial charge < -0.3 is 9.64 Å². The molecule has 6 heteroatoms. The fourth-order valence-corrected chi connectivity index (χ4v) is 6.59. The highest BCUT2D eigenvalue weighted by Gasteiger charge is 2.70. The lowest BCUT2D eigenvalue weighted by atomic mass is 9.84. The number of carbonyl (C=O) groups is 2. The normalized spacial score (nSPS) is 25.4. The summed E-state index contributed by atoms with van der Waals surface area (Å²) in [6.07, 6.45) is -0.408. The molecule has 1 spiro atoms. The summed E-state index contributed by atoms with van der Waals surface area (Å²) < 4.78 is 5.82. The van der Waals surface area contributed by atoms with E-state index in [1.54, 1.807) is 16.7 Å². The highest BCUT2D eigenvalue weighted by Crippen LogP contribution is 2.59. The second-order valence-electron chi connectivity index (χ2n) is 9.90. The van der Waals surface area contributed by atoms with Crippen molar-refractivity contribution in [2.24, 2.45) is 5.92 Å². The maximum atomic E-state index is 13.9. The van der Waals surface area contributed by atoms with Crippen LogP contribution in [0.2, 0.25) is 0 Å². The minimum atomic E-state index is -0.979. The summed E-state index contributed by atoms with van der Waals surface area (Å²) in [4.78, 5) is 30.1. The quantitative estimate of drug-likeness (QED) is 0.577. The van der Waals surface area contributed by atoms with Crippen LogP contribution in [-0.4, -0.2) is 44.1 Å². The van der Waals surface area contributed by atoms with Crippen molar-refractivity contribution in [3.63, 3.8) is 0 Å². The first-order valence-corrected chi connectivity index (χ1v) is 12.2. The number of ether oxygens (including phenoxy) is 1. The summed E-state index contributed by atoms with van der Waals surface area (Å²) in [6, 6.07) is 19.8. The summed E-state index contributed by atoms with van der Waals surface area (Å²) in [6.45, 7) is 10.3. The van der Waals surface area contributed by atoms with Gasteiger partial charge in [-0.05, 0) is 37.8 Å². The van der Waals surface area contributed by atoms with Gasteiger partial charge in [-0.1, -0.05) is 74.5 Å². The first kappa shape index (κ1) is 22.7. The van der Waals surface area contributed by atoms with Gasteiger partial charge in [0.2, 0.25) is 0 Å². The van der Waals surface area contributed by atoms with Crippen molar-refractivity contribution in [1.29, 1.82) is 0 Å². The number of rotatable bonds is 4. The second kappa shape index (κ2) is 8.47. The Morgan fingerprint density at radius 2 is 1.69 bits per heavy atom. The zero-order chi connectivity index (χ0) is 23.1. The third kappa shape index (κ3) is 3.90. The van der Waals surface area contributed by atoms with Crippen molar-refractivity contribution in [3.05, 3.63) is 71.8 Å². The summed E-state index contributed by atoms with van der Waals surface area (Å²) in [5.41, 5.74) is 1.48. The number of hydrogen-bond acceptors (Lipinski definition) is 4. The van der Waals surface area contributed by atoms with Crippen LogP contribution in [0.4, 0.5) is 4.79 Å². The summed E-state index contributed by atoms with van der Waals surface area (Å²) in [7, 11) is 0. The van der Waals surface area contributed by atoms with Crippen LogP contribution in [0, 0.1) is 5.92 Å². The molecule has 2 aliphatic rings. The third-order valence-corrected chi connectivity index (χ3v) is 7.63. The average Bonchev–Trinajstić information content (AvgIpc) is 3.17. The highest BCUT2D eigenvalue weighted by molar-refractivity contribution is 8.01. The molecule has 0 saturated carbocycles. The SMILES string of the molecule is CC(C)[C@H]1CS[C@@]2(C(=O)N(Cc3ccccc3)[C@H]2c2ccccc2)N1C(=O)OC(C)(C)C. The lowest BCUT2D eigenvalue weighted by molar-refractivity contribution is -0.166. The van der Waals surface area contributed by atoms with Crippen molar-refractivity contribution in [3.8, 4) is 0 Å². The van der Waals surface area contributed by atoms with Gasteiger partial charge in [0, 0.05) is 18.3 Å². The molecule has 3 atom stereocenters. The number of hydrogen-bond donors (Lipinski definition) is 0. The molecule has 2 aromatic rings. The van der Waals surface area contributed by atoms with E-state index >= 15 is 0 Å². The van der Waals surface area contributed by atoms with Crippen LogP contribution in [0.3, 0.4) is 0 Å². The predicted octanol–water partition coefficient (Wildman–Crippen LogP) is 5.47. The van der Waals surface area contributed by atoms with E-state index in [-0.39, 0.29) is 23.9 Å². The summed E-state index contributed by atoms with van der Waals surface area (Å²) in [5, 5.41) is 0. The van der Waals surface area contributed by atoms with Crippen molar-refractivity contribution < 1.29 is 14.3 Å². The third-order valence-electron chi connectivity index (χ3n) is 6.08. The average molecular weight is 453 g/mol. The Kier molecular flexibility index (Phi) is 6.01. The molecule has 5 nitrogen and oxygen atoms in total. The van der Waals surface area contributed by atoms with E-state index in [9.17, 15) is 9.59 Å². The van der Waals surface area contributed by atoms with E-state index in [1.165, 1.54) is 0 Å². The van der Waals surface area contributed by atoms with Gasteiger partial charge >= 0.3 is 6.09 Å². The molecule has 0 radical (unpaired) electrons. The van der Waals surface area contributed by atoms with Crippen LogP contribution in [-0.2, 0) is 16.1 Å². The number of thioether (sulfide) groups is 1. The maximum Gasteiger partial charge on any atom is 0.412 e. The van der Waals surface area contributed by atoms with E-state index in [2.05, 4.69) is 13.8 Å². The van der Waals surface area contributed by atoms with Crippen molar-refractivity contribution in [2.75, 3.05) is 5.75 Å². The highest BCUT2D eigenvalue weighted by atomic mass is 32.2. The molecule has 0 aromatic heterocycles. The van der Waals surface area contributed by atoms with E-state index in [4.69, 9.17) is 4.74 Å². The van der Waals surface area contributed by atoms with E-state index in [0.29, 0.717) is 12.3 Å². The number of carbonyl (C=O) groups excluding carboxylic acids is 2. The lowest BCUT2D eigenvalue weighted by Crippen LogP contribution is -2.73. The molecule has 2 heterocycles. The largest absolute Gasteiger partial charge is 0.444 e. The Morgan fingerprint density at radius 1 is 1.09 bits per heavy atom. The molecular formula is C26H32N2O3S. The van der Waals surface area contributed by atoms with Crippen LogP contribution >= 0.6 is 11.8 Å². The minimum Gasteiger partial charge on any atom is -0.444 e. The Balaban J connectivity index is 1.77. The lowest BCUT2D eigenvalue weighted by Gasteiger charge is -2.57. The van der Waals surface area contributed by atoms with Gasteiger partial charge in [0.25, 0.3) is 5.91 Å². The molecule has 2 saturated heterocycles. The van der Waals surface area contributed by atoms with Gasteiger partial charge in [-0.25, -0.2) is 4.79 Å². The van der Waals surface area contributed by atoms with E-state index in [0.717, 1.165) is 11.1 Å². The summed E-state index contributed by atoms with van der Waals surface area (Å²) in [5.74, 6) is 0.904. The minimum absolute atomic E-state index is 0.0192. The summed E-state index contributed by atoms with van der Waals surface area (Å²) >= 11 is 1.59. The molecular weight excluding hydrogens is 420 g/mol. The Labute approximate surface area is 195 Å². The van der Waals surface area contributed by atoms with Gasteiger partial charge in [0.15, 0.2) is 4.87 Å². The molecule has 2 aromatic carbocycles. The Hall–Kier alpha value is -2.47. The van der Waals surface area contributed by atoms with Gasteiger partial charge in [0.1, 0.15) is 5.60 Å². The fraction of sp³-hybridized carbons (Fsp3) is 0.462. The molecule has 0 bridgehead atoms. The van der Waals surface area contributed by atoms with E-state index < -0.39 is 16.6 Å². The zero-order valence-corrected chi connectivity index (χ0v) is 20.3. The number of benzene rings is 2. The standard InChI is InChI=1S/C26H32N2O3S/c1-18(2)21-17-32-26(28(21)24(30)31-25(3,4)5)22(20-14-10-7-11-15-20)27(23(26)29)16-19-12-8-6-9-13-19/h6-15,18,21-22H,16-17H2,1-5H3/t21-,22+,26+/m1/s1. The van der Waals surface area contributed by atoms with E-state index in [1.807, 2.05) is 86.3 Å². The monoisotopic (exact) mass is 452 g/mol. The topological polar surface area (TPSA) is 49.9 Å². The van der Waals surface area contributed by atoms with Crippen LogP contribution in [0.25, 0.3) is 0 Å². The molecule has 2 amide bonds. The van der Waals surface area contributed by atoms with Gasteiger partial charge in [0.05, 0.1) is 6.04 Å². The van der Waals surface area contributed by atoms with Crippen LogP contribution < -0.4 is 0 Å². The first-order valence-electron chi connectivity index (χ1n) is 11.2. The molecule has 32 heavy (non-hydrogen) atoms. The number of likely N-dealkylation sites (tertiary alicyclic amines) is 1. The van der Waals surface area contributed by atoms with Crippen molar-refractivity contribution >= 4 is 23.8 Å². The van der Waals surface area contributed by atoms with Gasteiger partial charge in [-0.2, -0.15) is 0 Å². The number of nitrogens with zero attached hydrogens (tertiary/aromatic N) is 2. The number of β-lactam (4-membered cyclic amide) rings is 1. The van der Waals surface area contributed by atoms with Crippen molar-refractivity contribution in [2.45, 2.75) is 63.7 Å². The molecule has 0 unspecified atom stereocenters. The Bertz CT molecular complexity index is 974. The maximum absolute atomic E-state index is 13.9. The molecule has 4 rings (SSSR count). The van der Waals surface area contributed by atoms with Crippen LogP contribution in [0.1, 0.15) is 51.8 Å². The van der Waals surface area contributed by atoms with Crippen molar-refractivity contribution in [1.82, 2.24) is 9.80 Å². The molecule has 0 N–H and O–H groups in total. The van der Waals surface area contributed by atoms with Crippen LogP contribution in [0.5, 0.6) is 0 Å². The molecule has 2 aliphatic heterocycles. The van der Waals surface area contributed by atoms with Crippen LogP contribution in [0.15, 0.2) is 60.7 Å². The first-order chi connectivity index (χ1) is 15.1. The Morgan fingerprint density at radius 3 is 2.25 bits per heavy atom. The zero-order valence-electron chi connectivity index (χ0n) is 19.4. The predicted molar refractivity (Wildman–Crippen MR) is 128 cm³/mol. The molecule has 2 fully saturated rings. The van der Waals surface area contributed by atoms with Gasteiger partial charge in [-0.3, -0.25) is 9.69 Å². The number of amides is 2. The molecule has 170 valence electrons. The second-order valence-corrected chi connectivity index (χ2v) is 11.1.